The van der Waals surface area contributed by atoms with Crippen molar-refractivity contribution >= 4 is 45.1 Å². The lowest BCUT2D eigenvalue weighted by molar-refractivity contribution is -0.128. The summed E-state index contributed by atoms with van der Waals surface area (Å²) in [5.41, 5.74) is 2.73. The molecule has 130 valence electrons. The van der Waals surface area contributed by atoms with Crippen molar-refractivity contribution in [1.82, 2.24) is 9.97 Å². The SMILES string of the molecule is COc1nccc(I)c1-c1cc2ccc(N(C)C(=O)C(F)F)cc2[nH]1. The first-order valence-corrected chi connectivity index (χ1v) is 8.37. The van der Waals surface area contributed by atoms with Gasteiger partial charge < -0.3 is 14.6 Å². The number of rotatable bonds is 4. The summed E-state index contributed by atoms with van der Waals surface area (Å²) in [4.78, 5) is 19.9. The number of halogens is 3. The predicted octanol–water partition coefficient (Wildman–Crippen LogP) is 4.07. The molecule has 0 saturated heterocycles. The number of nitrogens with zero attached hydrogens (tertiary/aromatic N) is 2. The number of anilines is 1. The second kappa shape index (κ2) is 6.95. The van der Waals surface area contributed by atoms with Crippen molar-refractivity contribution in [2.45, 2.75) is 6.43 Å². The number of ether oxygens (including phenoxy) is 1. The smallest absolute Gasteiger partial charge is 0.316 e. The second-order valence-corrected chi connectivity index (χ2v) is 6.49. The van der Waals surface area contributed by atoms with Gasteiger partial charge in [0.25, 0.3) is 5.91 Å². The normalized spacial score (nSPS) is 11.1. The number of hydrogen-bond donors (Lipinski definition) is 1. The molecule has 0 aliphatic carbocycles. The molecule has 0 fully saturated rings. The number of pyridine rings is 1. The first-order valence-electron chi connectivity index (χ1n) is 7.29. The Balaban J connectivity index is 2.06. The van der Waals surface area contributed by atoms with Gasteiger partial charge in [0.1, 0.15) is 0 Å². The van der Waals surface area contributed by atoms with Gasteiger partial charge in [-0.3, -0.25) is 4.79 Å². The van der Waals surface area contributed by atoms with Gasteiger partial charge in [0, 0.05) is 33.4 Å². The molecule has 25 heavy (non-hydrogen) atoms. The van der Waals surface area contributed by atoms with Crippen molar-refractivity contribution in [3.8, 4) is 17.1 Å². The van der Waals surface area contributed by atoms with Crippen LogP contribution in [0.3, 0.4) is 0 Å². The van der Waals surface area contributed by atoms with E-state index in [-0.39, 0.29) is 0 Å². The molecule has 2 heterocycles. The molecular weight excluding hydrogens is 443 g/mol. The Hall–Kier alpha value is -2.23. The molecule has 0 aliphatic heterocycles. The molecule has 1 aromatic carbocycles. The number of hydrogen-bond acceptors (Lipinski definition) is 3. The average molecular weight is 457 g/mol. The van der Waals surface area contributed by atoms with Crippen molar-refractivity contribution in [2.75, 3.05) is 19.1 Å². The largest absolute Gasteiger partial charge is 0.480 e. The number of carbonyl (C=O) groups is 1. The van der Waals surface area contributed by atoms with E-state index >= 15 is 0 Å². The molecule has 0 atom stereocenters. The number of alkyl halides is 2. The Morgan fingerprint density at radius 1 is 1.32 bits per heavy atom. The minimum Gasteiger partial charge on any atom is -0.480 e. The van der Waals surface area contributed by atoms with Gasteiger partial charge in [-0.2, -0.15) is 8.78 Å². The Morgan fingerprint density at radius 2 is 2.08 bits per heavy atom. The van der Waals surface area contributed by atoms with Crippen LogP contribution in [0, 0.1) is 3.57 Å². The molecule has 1 N–H and O–H groups in total. The molecule has 0 aliphatic rings. The number of aromatic nitrogens is 2. The fourth-order valence-electron chi connectivity index (χ4n) is 2.55. The minimum absolute atomic E-state index is 0.388. The summed E-state index contributed by atoms with van der Waals surface area (Å²) in [5, 5.41) is 0.887. The zero-order chi connectivity index (χ0) is 18.1. The molecule has 5 nitrogen and oxygen atoms in total. The fraction of sp³-hybridized carbons (Fsp3) is 0.176. The number of benzene rings is 1. The molecule has 0 bridgehead atoms. The summed E-state index contributed by atoms with van der Waals surface area (Å²) in [6.45, 7) is 0. The maximum atomic E-state index is 12.6. The fourth-order valence-corrected chi connectivity index (χ4v) is 3.23. The maximum absolute atomic E-state index is 12.6. The summed E-state index contributed by atoms with van der Waals surface area (Å²) in [6.07, 6.45) is -1.38. The van der Waals surface area contributed by atoms with E-state index in [2.05, 4.69) is 32.6 Å². The monoisotopic (exact) mass is 457 g/mol. The van der Waals surface area contributed by atoms with E-state index in [0.717, 1.165) is 30.6 Å². The molecule has 3 rings (SSSR count). The Labute approximate surface area is 156 Å². The first-order chi connectivity index (χ1) is 11.9. The van der Waals surface area contributed by atoms with Crippen molar-refractivity contribution < 1.29 is 18.3 Å². The van der Waals surface area contributed by atoms with Gasteiger partial charge in [0.2, 0.25) is 5.88 Å². The lowest BCUT2D eigenvalue weighted by Crippen LogP contribution is -2.31. The van der Waals surface area contributed by atoms with Crippen molar-refractivity contribution in [3.05, 3.63) is 40.1 Å². The number of aromatic amines is 1. The Bertz CT molecular complexity index is 943. The van der Waals surface area contributed by atoms with E-state index in [1.165, 1.54) is 7.05 Å². The highest BCUT2D eigenvalue weighted by Crippen LogP contribution is 2.34. The summed E-state index contributed by atoms with van der Waals surface area (Å²) in [7, 11) is 2.88. The Morgan fingerprint density at radius 3 is 2.76 bits per heavy atom. The van der Waals surface area contributed by atoms with Crippen LogP contribution < -0.4 is 9.64 Å². The van der Waals surface area contributed by atoms with E-state index in [4.69, 9.17) is 4.74 Å². The standard InChI is InChI=1S/C17H14F2IN3O2/c1-23(17(24)15(18)19)10-4-3-9-7-13(22-12(9)8-10)14-11(20)5-6-21-16(14)25-2/h3-8,15,22H,1-2H3. The molecule has 3 aromatic rings. The van der Waals surface area contributed by atoms with Gasteiger partial charge in [-0.05, 0) is 46.9 Å². The summed E-state index contributed by atoms with van der Waals surface area (Å²) in [5.74, 6) is -0.752. The number of amides is 1. The van der Waals surface area contributed by atoms with Crippen LogP contribution in [-0.2, 0) is 4.79 Å². The highest BCUT2D eigenvalue weighted by atomic mass is 127. The van der Waals surface area contributed by atoms with E-state index in [0.29, 0.717) is 11.6 Å². The van der Waals surface area contributed by atoms with E-state index in [9.17, 15) is 13.6 Å². The maximum Gasteiger partial charge on any atom is 0.316 e. The van der Waals surface area contributed by atoms with Gasteiger partial charge in [-0.15, -0.1) is 0 Å². The van der Waals surface area contributed by atoms with Crippen molar-refractivity contribution in [2.24, 2.45) is 0 Å². The number of fused-ring (bicyclic) bond motifs is 1. The highest BCUT2D eigenvalue weighted by molar-refractivity contribution is 14.1. The summed E-state index contributed by atoms with van der Waals surface area (Å²) < 4.78 is 31.5. The van der Waals surface area contributed by atoms with Crippen LogP contribution >= 0.6 is 22.6 Å². The van der Waals surface area contributed by atoms with Crippen LogP contribution in [0.1, 0.15) is 0 Å². The number of carbonyl (C=O) groups excluding carboxylic acids is 1. The highest BCUT2D eigenvalue weighted by Gasteiger charge is 2.22. The number of nitrogens with one attached hydrogen (secondary N) is 1. The zero-order valence-corrected chi connectivity index (χ0v) is 15.5. The van der Waals surface area contributed by atoms with Crippen LogP contribution in [0.2, 0.25) is 0 Å². The van der Waals surface area contributed by atoms with Crippen molar-refractivity contribution in [3.63, 3.8) is 0 Å². The average Bonchev–Trinajstić information content (AvgIpc) is 3.02. The molecule has 0 unspecified atom stereocenters. The third kappa shape index (κ3) is 3.30. The minimum atomic E-state index is -3.04. The van der Waals surface area contributed by atoms with Gasteiger partial charge in [-0.1, -0.05) is 6.07 Å². The van der Waals surface area contributed by atoms with Crippen LogP contribution in [0.4, 0.5) is 14.5 Å². The topological polar surface area (TPSA) is 58.2 Å². The molecule has 2 aromatic heterocycles. The van der Waals surface area contributed by atoms with Crippen molar-refractivity contribution in [1.29, 1.82) is 0 Å². The zero-order valence-electron chi connectivity index (χ0n) is 13.4. The second-order valence-electron chi connectivity index (χ2n) is 5.33. The van der Waals surface area contributed by atoms with Crippen LogP contribution in [0.5, 0.6) is 5.88 Å². The van der Waals surface area contributed by atoms with Crippen LogP contribution in [0.15, 0.2) is 36.5 Å². The van der Waals surface area contributed by atoms with Crippen LogP contribution in [-0.4, -0.2) is 36.5 Å². The third-order valence-corrected chi connectivity index (χ3v) is 4.74. The molecule has 0 spiro atoms. The van der Waals surface area contributed by atoms with Gasteiger partial charge in [0.05, 0.1) is 18.4 Å². The third-order valence-electron chi connectivity index (χ3n) is 3.84. The molecule has 1 amide bonds. The lowest BCUT2D eigenvalue weighted by Gasteiger charge is -2.16. The van der Waals surface area contributed by atoms with Gasteiger partial charge in [0.15, 0.2) is 0 Å². The summed E-state index contributed by atoms with van der Waals surface area (Å²) in [6, 6.07) is 8.86. The van der Waals surface area contributed by atoms with E-state index < -0.39 is 12.3 Å². The van der Waals surface area contributed by atoms with E-state index in [1.54, 1.807) is 31.5 Å². The number of H-pyrrole nitrogens is 1. The lowest BCUT2D eigenvalue weighted by atomic mass is 10.2. The molecule has 8 heteroatoms. The Kier molecular flexibility index (Phi) is 4.89. The van der Waals surface area contributed by atoms with Gasteiger partial charge >= 0.3 is 6.43 Å². The quantitative estimate of drug-likeness (QED) is 0.602. The summed E-state index contributed by atoms with van der Waals surface area (Å²) >= 11 is 2.19. The molecular formula is C17H14F2IN3O2. The van der Waals surface area contributed by atoms with Gasteiger partial charge in [-0.25, -0.2) is 4.98 Å². The number of methoxy groups -OCH3 is 1. The first kappa shape index (κ1) is 17.6. The van der Waals surface area contributed by atoms with Crippen LogP contribution in [0.25, 0.3) is 22.2 Å². The van der Waals surface area contributed by atoms with E-state index in [1.807, 2.05) is 12.1 Å². The molecule has 0 saturated carbocycles. The predicted molar refractivity (Wildman–Crippen MR) is 100 cm³/mol. The molecule has 0 radical (unpaired) electrons.